The number of rotatable bonds is 8. The third-order valence-corrected chi connectivity index (χ3v) is 5.44. The normalized spacial score (nSPS) is 16.3. The average molecular weight is 539 g/mol. The van der Waals surface area contributed by atoms with Crippen LogP contribution in [-0.4, -0.2) is 56.0 Å². The lowest BCUT2D eigenvalue weighted by molar-refractivity contribution is -0.122. The molecule has 1 aromatic carbocycles. The molecule has 31 heavy (non-hydrogen) atoms. The van der Waals surface area contributed by atoms with Crippen molar-refractivity contribution in [2.24, 2.45) is 4.99 Å². The summed E-state index contributed by atoms with van der Waals surface area (Å²) >= 11 is 0. The molecular formula is C23H34IN5O2. The first-order valence-corrected chi connectivity index (χ1v) is 10.7. The second kappa shape index (κ2) is 13.4. The molecule has 1 fully saturated rings. The van der Waals surface area contributed by atoms with E-state index < -0.39 is 0 Å². The Hall–Kier alpha value is -2.07. The van der Waals surface area contributed by atoms with Crippen molar-refractivity contribution in [1.82, 2.24) is 20.9 Å². The molecule has 1 aromatic heterocycles. The lowest BCUT2D eigenvalue weighted by atomic mass is 10.1. The van der Waals surface area contributed by atoms with Crippen LogP contribution in [0.3, 0.4) is 0 Å². The molecule has 1 unspecified atom stereocenters. The maximum atomic E-state index is 11.6. The van der Waals surface area contributed by atoms with Gasteiger partial charge in [-0.15, -0.1) is 24.0 Å². The lowest BCUT2D eigenvalue weighted by Crippen LogP contribution is -2.50. The first-order chi connectivity index (χ1) is 14.6. The summed E-state index contributed by atoms with van der Waals surface area (Å²) in [6, 6.07) is 14.7. The van der Waals surface area contributed by atoms with E-state index in [0.717, 1.165) is 44.1 Å². The van der Waals surface area contributed by atoms with Gasteiger partial charge >= 0.3 is 0 Å². The summed E-state index contributed by atoms with van der Waals surface area (Å²) in [4.78, 5) is 18.6. The first-order valence-electron chi connectivity index (χ1n) is 10.7. The van der Waals surface area contributed by atoms with Gasteiger partial charge in [0.2, 0.25) is 5.91 Å². The molecule has 8 heteroatoms. The molecule has 170 valence electrons. The first kappa shape index (κ1) is 25.2. The number of benzene rings is 1. The summed E-state index contributed by atoms with van der Waals surface area (Å²) in [5.41, 5.74) is 1.22. The van der Waals surface area contributed by atoms with Gasteiger partial charge in [-0.05, 0) is 37.5 Å². The van der Waals surface area contributed by atoms with Crippen molar-refractivity contribution >= 4 is 35.8 Å². The predicted molar refractivity (Wildman–Crippen MR) is 135 cm³/mol. The Bertz CT molecular complexity index is 790. The summed E-state index contributed by atoms with van der Waals surface area (Å²) in [5.74, 6) is 1.83. The summed E-state index contributed by atoms with van der Waals surface area (Å²) in [6.07, 6.45) is 4.43. The average Bonchev–Trinajstić information content (AvgIpc) is 3.29. The number of hydrogen-bond acceptors (Lipinski definition) is 4. The highest BCUT2D eigenvalue weighted by molar-refractivity contribution is 14.0. The van der Waals surface area contributed by atoms with Crippen LogP contribution in [0.4, 0.5) is 0 Å². The Labute approximate surface area is 202 Å². The number of carbonyl (C=O) groups is 1. The molecule has 0 bridgehead atoms. The van der Waals surface area contributed by atoms with Crippen molar-refractivity contribution < 1.29 is 9.21 Å². The minimum atomic E-state index is 0. The maximum Gasteiger partial charge on any atom is 0.233 e. The quantitative estimate of drug-likeness (QED) is 0.273. The van der Waals surface area contributed by atoms with Gasteiger partial charge in [0.1, 0.15) is 5.76 Å². The van der Waals surface area contributed by atoms with Gasteiger partial charge in [-0.2, -0.15) is 0 Å². The summed E-state index contributed by atoms with van der Waals surface area (Å²) in [6.45, 7) is 5.07. The molecule has 1 atom stereocenters. The van der Waals surface area contributed by atoms with Gasteiger partial charge in [0.05, 0.1) is 18.8 Å². The zero-order valence-corrected chi connectivity index (χ0v) is 20.7. The second-order valence-electron chi connectivity index (χ2n) is 7.70. The number of guanidine groups is 1. The van der Waals surface area contributed by atoms with Crippen LogP contribution in [-0.2, 0) is 11.2 Å². The number of amides is 1. The Balaban J connectivity index is 0.00000341. The monoisotopic (exact) mass is 539 g/mol. The minimum absolute atomic E-state index is 0. The van der Waals surface area contributed by atoms with Gasteiger partial charge in [0.25, 0.3) is 0 Å². The Morgan fingerprint density at radius 2 is 1.94 bits per heavy atom. The van der Waals surface area contributed by atoms with Crippen molar-refractivity contribution in [3.8, 4) is 0 Å². The van der Waals surface area contributed by atoms with Crippen molar-refractivity contribution in [3.63, 3.8) is 0 Å². The highest BCUT2D eigenvalue weighted by Gasteiger charge is 2.22. The SMILES string of the molecule is CNC(=O)CN1CCC(NC(=NCCc2ccco2)NC(C)c2ccccc2)CC1.I. The second-order valence-corrected chi connectivity index (χ2v) is 7.70. The molecule has 0 saturated carbocycles. The van der Waals surface area contributed by atoms with Gasteiger partial charge in [-0.1, -0.05) is 30.3 Å². The summed E-state index contributed by atoms with van der Waals surface area (Å²) in [7, 11) is 1.68. The van der Waals surface area contributed by atoms with Crippen LogP contribution >= 0.6 is 24.0 Å². The number of carbonyl (C=O) groups excluding carboxylic acids is 1. The van der Waals surface area contributed by atoms with E-state index in [2.05, 4.69) is 52.0 Å². The molecule has 1 aliphatic rings. The van der Waals surface area contributed by atoms with E-state index in [1.165, 1.54) is 5.56 Å². The molecule has 2 aromatic rings. The summed E-state index contributed by atoms with van der Waals surface area (Å²) < 4.78 is 5.42. The number of likely N-dealkylation sites (tertiary alicyclic amines) is 1. The van der Waals surface area contributed by atoms with Crippen LogP contribution in [0.15, 0.2) is 58.1 Å². The fourth-order valence-electron chi connectivity index (χ4n) is 3.61. The van der Waals surface area contributed by atoms with Gasteiger partial charge in [0.15, 0.2) is 5.96 Å². The third kappa shape index (κ3) is 8.53. The zero-order chi connectivity index (χ0) is 21.2. The van der Waals surface area contributed by atoms with Crippen LogP contribution in [0.25, 0.3) is 0 Å². The van der Waals surface area contributed by atoms with Gasteiger partial charge in [-0.3, -0.25) is 14.7 Å². The molecule has 3 rings (SSSR count). The number of aliphatic imine (C=N–C) groups is 1. The van der Waals surface area contributed by atoms with E-state index in [1.807, 2.05) is 18.2 Å². The molecule has 1 aliphatic heterocycles. The fourth-order valence-corrected chi connectivity index (χ4v) is 3.61. The molecular weight excluding hydrogens is 505 g/mol. The van der Waals surface area contributed by atoms with Gasteiger partial charge < -0.3 is 20.4 Å². The van der Waals surface area contributed by atoms with Crippen LogP contribution in [0.5, 0.6) is 0 Å². The van der Waals surface area contributed by atoms with Crippen molar-refractivity contribution in [1.29, 1.82) is 0 Å². The van der Waals surface area contributed by atoms with E-state index >= 15 is 0 Å². The molecule has 1 amide bonds. The standard InChI is InChI=1S/C23H33N5O2.HI/c1-18(19-7-4-3-5-8-19)26-23(25-13-10-21-9-6-16-30-21)27-20-11-14-28(15-12-20)17-22(29)24-2;/h3-9,16,18,20H,10-15,17H2,1-2H3,(H,24,29)(H2,25,26,27);1H. The highest BCUT2D eigenvalue weighted by Crippen LogP contribution is 2.13. The zero-order valence-electron chi connectivity index (χ0n) is 18.3. The molecule has 3 N–H and O–H groups in total. The van der Waals surface area contributed by atoms with E-state index in [0.29, 0.717) is 19.1 Å². The summed E-state index contributed by atoms with van der Waals surface area (Å²) in [5, 5.41) is 9.84. The topological polar surface area (TPSA) is 81.9 Å². The Kier molecular flexibility index (Phi) is 10.9. The van der Waals surface area contributed by atoms with Crippen LogP contribution < -0.4 is 16.0 Å². The number of furan rings is 1. The number of nitrogens with zero attached hydrogens (tertiary/aromatic N) is 2. The maximum absolute atomic E-state index is 11.6. The van der Waals surface area contributed by atoms with Crippen LogP contribution in [0.2, 0.25) is 0 Å². The Morgan fingerprint density at radius 3 is 2.58 bits per heavy atom. The van der Waals surface area contributed by atoms with E-state index in [-0.39, 0.29) is 35.9 Å². The Morgan fingerprint density at radius 1 is 1.19 bits per heavy atom. The smallest absolute Gasteiger partial charge is 0.233 e. The van der Waals surface area contributed by atoms with Crippen molar-refractivity contribution in [3.05, 3.63) is 60.1 Å². The molecule has 0 spiro atoms. The number of likely N-dealkylation sites (N-methyl/N-ethyl adjacent to an activating group) is 1. The molecule has 0 radical (unpaired) electrons. The highest BCUT2D eigenvalue weighted by atomic mass is 127. The minimum Gasteiger partial charge on any atom is -0.469 e. The van der Waals surface area contributed by atoms with Gasteiger partial charge in [0, 0.05) is 39.1 Å². The number of nitrogens with one attached hydrogen (secondary N) is 3. The molecule has 7 nitrogen and oxygen atoms in total. The number of halogens is 1. The van der Waals surface area contributed by atoms with Crippen LogP contribution in [0, 0.1) is 0 Å². The largest absolute Gasteiger partial charge is 0.469 e. The molecule has 0 aliphatic carbocycles. The van der Waals surface area contributed by atoms with E-state index in [4.69, 9.17) is 9.41 Å². The van der Waals surface area contributed by atoms with Gasteiger partial charge in [-0.25, -0.2) is 0 Å². The predicted octanol–water partition coefficient (Wildman–Crippen LogP) is 2.95. The van der Waals surface area contributed by atoms with Crippen molar-refractivity contribution in [2.75, 3.05) is 33.2 Å². The van der Waals surface area contributed by atoms with Crippen LogP contribution in [0.1, 0.15) is 37.1 Å². The molecule has 2 heterocycles. The number of hydrogen-bond donors (Lipinski definition) is 3. The van der Waals surface area contributed by atoms with E-state index in [9.17, 15) is 4.79 Å². The van der Waals surface area contributed by atoms with Crippen molar-refractivity contribution in [2.45, 2.75) is 38.3 Å². The fraction of sp³-hybridized carbons (Fsp3) is 0.478. The lowest BCUT2D eigenvalue weighted by Gasteiger charge is -2.33. The van der Waals surface area contributed by atoms with E-state index in [1.54, 1.807) is 13.3 Å². The molecule has 1 saturated heterocycles. The third-order valence-electron chi connectivity index (χ3n) is 5.44. The number of piperidine rings is 1.